The molecule has 0 unspecified atom stereocenters. The van der Waals surface area contributed by atoms with Gasteiger partial charge in [-0.2, -0.15) is 0 Å². The second kappa shape index (κ2) is 4.07. The van der Waals surface area contributed by atoms with Crippen LogP contribution < -0.4 is 0 Å². The third kappa shape index (κ3) is 1.36. The van der Waals surface area contributed by atoms with Crippen molar-refractivity contribution in [2.75, 3.05) is 18.5 Å². The second-order valence-electron chi connectivity index (χ2n) is 4.99. The lowest BCUT2D eigenvalue weighted by Gasteiger charge is -2.58. The Hall–Kier alpha value is 0.0700. The number of halogens is 1. The van der Waals surface area contributed by atoms with Crippen molar-refractivity contribution < 1.29 is 14.3 Å². The average molecular weight is 289 g/mol. The Bertz CT molecular complexity index is 299. The fraction of sp³-hybridized carbons (Fsp3) is 0.917. The minimum absolute atomic E-state index is 0.218. The first-order valence-corrected chi connectivity index (χ1v) is 7.28. The molecular weight excluding hydrogens is 272 g/mol. The van der Waals surface area contributed by atoms with Crippen molar-refractivity contribution in [1.29, 1.82) is 0 Å². The predicted molar refractivity (Wildman–Crippen MR) is 62.4 cm³/mol. The van der Waals surface area contributed by atoms with Gasteiger partial charge in [0.15, 0.2) is 5.79 Å². The summed E-state index contributed by atoms with van der Waals surface area (Å²) in [6.07, 6.45) is 3.64. The number of hydrogen-bond acceptors (Lipinski definition) is 3. The first-order chi connectivity index (χ1) is 7.79. The molecule has 1 saturated heterocycles. The number of ether oxygens (including phenoxy) is 2. The molecular formula is C12H17BrO3. The molecule has 3 nitrogen and oxygen atoms in total. The van der Waals surface area contributed by atoms with E-state index in [0.29, 0.717) is 11.7 Å². The van der Waals surface area contributed by atoms with Crippen molar-refractivity contribution in [3.8, 4) is 0 Å². The second-order valence-corrected chi connectivity index (χ2v) is 5.79. The molecule has 3 fully saturated rings. The first kappa shape index (κ1) is 11.2. The van der Waals surface area contributed by atoms with Crippen LogP contribution in [0.1, 0.15) is 25.7 Å². The molecule has 1 spiro atoms. The Morgan fingerprint density at radius 1 is 1.38 bits per heavy atom. The van der Waals surface area contributed by atoms with E-state index in [4.69, 9.17) is 9.47 Å². The summed E-state index contributed by atoms with van der Waals surface area (Å²) in [4.78, 5) is 11.8. The van der Waals surface area contributed by atoms with Crippen molar-refractivity contribution in [1.82, 2.24) is 0 Å². The first-order valence-electron chi connectivity index (χ1n) is 6.16. The molecule has 0 aromatic carbocycles. The summed E-state index contributed by atoms with van der Waals surface area (Å²) in [5.74, 6) is 0.870. The highest BCUT2D eigenvalue weighted by Gasteiger charge is 2.68. The van der Waals surface area contributed by atoms with Crippen LogP contribution in [0.15, 0.2) is 0 Å². The summed E-state index contributed by atoms with van der Waals surface area (Å²) >= 11 is 3.47. The summed E-state index contributed by atoms with van der Waals surface area (Å²) in [6.45, 7) is 1.58. The molecule has 0 amide bonds. The highest BCUT2D eigenvalue weighted by molar-refractivity contribution is 9.09. The van der Waals surface area contributed by atoms with Crippen LogP contribution in [0, 0.1) is 17.8 Å². The van der Waals surface area contributed by atoms with E-state index in [0.717, 1.165) is 44.2 Å². The van der Waals surface area contributed by atoms with Gasteiger partial charge in [-0.25, -0.2) is 0 Å². The molecule has 0 bridgehead atoms. The average Bonchev–Trinajstić information content (AvgIpc) is 2.67. The maximum Gasteiger partial charge on any atom is 0.175 e. The van der Waals surface area contributed by atoms with E-state index in [9.17, 15) is 4.79 Å². The summed E-state index contributed by atoms with van der Waals surface area (Å²) in [7, 11) is 0. The van der Waals surface area contributed by atoms with E-state index in [1.165, 1.54) is 0 Å². The monoisotopic (exact) mass is 288 g/mol. The van der Waals surface area contributed by atoms with Gasteiger partial charge < -0.3 is 9.47 Å². The largest absolute Gasteiger partial charge is 0.349 e. The number of ketones is 1. The Labute approximate surface area is 104 Å². The van der Waals surface area contributed by atoms with Gasteiger partial charge in [0.1, 0.15) is 5.78 Å². The highest BCUT2D eigenvalue weighted by atomic mass is 79.9. The van der Waals surface area contributed by atoms with E-state index >= 15 is 0 Å². The van der Waals surface area contributed by atoms with Crippen LogP contribution in [-0.4, -0.2) is 30.1 Å². The molecule has 90 valence electrons. The van der Waals surface area contributed by atoms with Gasteiger partial charge in [0.2, 0.25) is 0 Å². The molecule has 3 rings (SSSR count). The third-order valence-corrected chi connectivity index (χ3v) is 4.80. The van der Waals surface area contributed by atoms with E-state index in [2.05, 4.69) is 15.9 Å². The number of carbonyl (C=O) groups excluding carboxylic acids is 1. The quantitative estimate of drug-likeness (QED) is 0.731. The molecule has 0 radical (unpaired) electrons. The zero-order chi connectivity index (χ0) is 11.2. The van der Waals surface area contributed by atoms with Crippen LogP contribution in [0.4, 0.5) is 0 Å². The zero-order valence-electron chi connectivity index (χ0n) is 9.28. The SMILES string of the molecule is O=C1CC[C@H]2[C@@H]1[C@@H](CCBr)C21OCCCO1. The highest BCUT2D eigenvalue weighted by Crippen LogP contribution is 2.60. The molecule has 1 aliphatic heterocycles. The van der Waals surface area contributed by atoms with E-state index < -0.39 is 5.79 Å². The van der Waals surface area contributed by atoms with Crippen LogP contribution in [0.5, 0.6) is 0 Å². The summed E-state index contributed by atoms with van der Waals surface area (Å²) in [5.41, 5.74) is 0. The van der Waals surface area contributed by atoms with Crippen LogP contribution in [0.3, 0.4) is 0 Å². The molecule has 2 aliphatic carbocycles. The maximum absolute atomic E-state index is 11.8. The minimum Gasteiger partial charge on any atom is -0.349 e. The van der Waals surface area contributed by atoms with Crippen LogP contribution in [0.25, 0.3) is 0 Å². The number of Topliss-reactive ketones (excluding diaryl/α,β-unsaturated/α-hetero) is 1. The normalized spacial score (nSPS) is 40.8. The minimum atomic E-state index is -0.400. The van der Waals surface area contributed by atoms with Crippen LogP contribution >= 0.6 is 15.9 Å². The lowest BCUT2D eigenvalue weighted by Crippen LogP contribution is -2.66. The van der Waals surface area contributed by atoms with Gasteiger partial charge in [0.25, 0.3) is 0 Å². The smallest absolute Gasteiger partial charge is 0.175 e. The fourth-order valence-electron chi connectivity index (χ4n) is 3.72. The summed E-state index contributed by atoms with van der Waals surface area (Å²) in [6, 6.07) is 0. The standard InChI is InChI=1S/C12H17BrO3/c13-5-4-9-11-8(2-3-10(11)14)12(9)15-6-1-7-16-12/h8-9,11H,1-7H2/t8-,9+,11+/m0/s1. The molecule has 0 aromatic heterocycles. The van der Waals surface area contributed by atoms with Crippen molar-refractivity contribution >= 4 is 21.7 Å². The Morgan fingerprint density at radius 3 is 2.81 bits per heavy atom. The third-order valence-electron chi connectivity index (χ3n) is 4.34. The van der Waals surface area contributed by atoms with Crippen molar-refractivity contribution in [2.24, 2.45) is 17.8 Å². The molecule has 0 aromatic rings. The van der Waals surface area contributed by atoms with Gasteiger partial charge >= 0.3 is 0 Å². The van der Waals surface area contributed by atoms with Crippen molar-refractivity contribution in [3.63, 3.8) is 0 Å². The van der Waals surface area contributed by atoms with Gasteiger partial charge in [0.05, 0.1) is 13.2 Å². The van der Waals surface area contributed by atoms with Crippen molar-refractivity contribution in [2.45, 2.75) is 31.5 Å². The van der Waals surface area contributed by atoms with E-state index in [1.807, 2.05) is 0 Å². The van der Waals surface area contributed by atoms with Crippen LogP contribution in [-0.2, 0) is 14.3 Å². The summed E-state index contributed by atoms with van der Waals surface area (Å²) < 4.78 is 11.9. The lowest BCUT2D eigenvalue weighted by molar-refractivity contribution is -0.376. The predicted octanol–water partition coefficient (Wildman–Crippen LogP) is 2.13. The molecule has 1 heterocycles. The topological polar surface area (TPSA) is 35.5 Å². The maximum atomic E-state index is 11.8. The molecule has 4 heteroatoms. The molecule has 0 N–H and O–H groups in total. The lowest BCUT2D eigenvalue weighted by atomic mass is 9.59. The number of fused-ring (bicyclic) bond motifs is 2. The van der Waals surface area contributed by atoms with E-state index in [1.54, 1.807) is 0 Å². The number of rotatable bonds is 2. The van der Waals surface area contributed by atoms with Gasteiger partial charge in [-0.1, -0.05) is 15.9 Å². The summed E-state index contributed by atoms with van der Waals surface area (Å²) in [5, 5.41) is 0.919. The number of alkyl halides is 1. The Balaban J connectivity index is 1.83. The molecule has 3 aliphatic rings. The van der Waals surface area contributed by atoms with Crippen molar-refractivity contribution in [3.05, 3.63) is 0 Å². The molecule has 3 atom stereocenters. The number of hydrogen-bond donors (Lipinski definition) is 0. The Kier molecular flexibility index (Phi) is 2.84. The fourth-order valence-corrected chi connectivity index (χ4v) is 4.22. The zero-order valence-corrected chi connectivity index (χ0v) is 10.9. The molecule has 16 heavy (non-hydrogen) atoms. The van der Waals surface area contributed by atoms with Crippen LogP contribution in [0.2, 0.25) is 0 Å². The van der Waals surface area contributed by atoms with E-state index in [-0.39, 0.29) is 11.8 Å². The number of carbonyl (C=O) groups is 1. The van der Waals surface area contributed by atoms with Gasteiger partial charge in [-0.15, -0.1) is 0 Å². The van der Waals surface area contributed by atoms with Gasteiger partial charge in [-0.3, -0.25) is 4.79 Å². The molecule has 2 saturated carbocycles. The van der Waals surface area contributed by atoms with Gasteiger partial charge in [-0.05, 0) is 19.3 Å². The van der Waals surface area contributed by atoms with Gasteiger partial charge in [0, 0.05) is 29.5 Å². The Morgan fingerprint density at radius 2 is 2.12 bits per heavy atom.